The number of rotatable bonds is 16. The smallest absolute Gasteiger partial charge is 0.307 e. The molecule has 0 aliphatic carbocycles. The average Bonchev–Trinajstić information content (AvgIpc) is 3.52. The predicted octanol–water partition coefficient (Wildman–Crippen LogP) is 0.987. The zero-order valence-electron chi connectivity index (χ0n) is 17.6. The molecule has 8 heteroatoms. The molecule has 5 unspecified atom stereocenters. The molecule has 0 amide bonds. The van der Waals surface area contributed by atoms with Crippen molar-refractivity contribution in [2.24, 2.45) is 0 Å². The van der Waals surface area contributed by atoms with Crippen LogP contribution >= 0.6 is 0 Å². The lowest BCUT2D eigenvalue weighted by atomic mass is 10.1. The van der Waals surface area contributed by atoms with E-state index in [-0.39, 0.29) is 24.3 Å². The third-order valence-corrected chi connectivity index (χ3v) is 6.04. The summed E-state index contributed by atoms with van der Waals surface area (Å²) < 4.78 is 5.38. The van der Waals surface area contributed by atoms with Crippen LogP contribution in [0.3, 0.4) is 0 Å². The van der Waals surface area contributed by atoms with Gasteiger partial charge in [0.15, 0.2) is 0 Å². The third kappa shape index (κ3) is 8.80. The van der Waals surface area contributed by atoms with Gasteiger partial charge in [0.2, 0.25) is 0 Å². The Balaban J connectivity index is 1.15. The summed E-state index contributed by atoms with van der Waals surface area (Å²) in [4.78, 5) is 41.2. The zero-order valence-corrected chi connectivity index (χ0v) is 17.6. The lowest BCUT2D eigenvalue weighted by Crippen LogP contribution is -2.21. The molecule has 0 bridgehead atoms. The van der Waals surface area contributed by atoms with E-state index < -0.39 is 5.97 Å². The number of aliphatic carboxylic acids is 1. The first-order valence-corrected chi connectivity index (χ1v) is 11.0. The summed E-state index contributed by atoms with van der Waals surface area (Å²) in [6.45, 7) is 8.30. The second-order valence-electron chi connectivity index (χ2n) is 8.76. The molecule has 0 spiro atoms. The summed E-state index contributed by atoms with van der Waals surface area (Å²) in [5, 5.41) is 8.70. The Hall–Kier alpha value is -1.51. The van der Waals surface area contributed by atoms with Crippen LogP contribution in [0.1, 0.15) is 51.9 Å². The number of carboxylic acid groups (broad SMARTS) is 1. The summed E-state index contributed by atoms with van der Waals surface area (Å²) >= 11 is 0. The monoisotopic (exact) mass is 409 g/mol. The third-order valence-electron chi connectivity index (χ3n) is 6.04. The van der Waals surface area contributed by atoms with Crippen LogP contribution in [-0.2, 0) is 19.1 Å². The van der Waals surface area contributed by atoms with Gasteiger partial charge >= 0.3 is 11.9 Å². The Morgan fingerprint density at radius 3 is 2.17 bits per heavy atom. The molecule has 29 heavy (non-hydrogen) atoms. The highest BCUT2D eigenvalue weighted by molar-refractivity contribution is 5.79. The molecule has 5 atom stereocenters. The maximum absolute atomic E-state index is 12.0. The SMILES string of the molecule is CC(CC(=O)CCN1CC1)OC(=O)CCN1CC1CCCC1CN1CCC(=O)O. The number of hydrogen-bond acceptors (Lipinski definition) is 7. The molecular weight excluding hydrogens is 374 g/mol. The fraction of sp³-hybridized carbons (Fsp3) is 0.857. The van der Waals surface area contributed by atoms with Gasteiger partial charge in [-0.1, -0.05) is 6.42 Å². The van der Waals surface area contributed by atoms with Crippen molar-refractivity contribution >= 4 is 17.7 Å². The van der Waals surface area contributed by atoms with Gasteiger partial charge in [0.05, 0.1) is 12.8 Å². The molecule has 1 N–H and O–H groups in total. The van der Waals surface area contributed by atoms with Gasteiger partial charge in [-0.3, -0.25) is 24.2 Å². The largest absolute Gasteiger partial charge is 0.481 e. The average molecular weight is 410 g/mol. The van der Waals surface area contributed by atoms with Crippen molar-refractivity contribution in [1.82, 2.24) is 14.7 Å². The first-order chi connectivity index (χ1) is 13.9. The van der Waals surface area contributed by atoms with Crippen LogP contribution in [0.5, 0.6) is 0 Å². The summed E-state index contributed by atoms with van der Waals surface area (Å²) in [5.41, 5.74) is 0. The lowest BCUT2D eigenvalue weighted by Gasteiger charge is -2.13. The van der Waals surface area contributed by atoms with Crippen molar-refractivity contribution in [3.63, 3.8) is 0 Å². The summed E-state index contributed by atoms with van der Waals surface area (Å²) in [6, 6.07) is 1.15. The maximum atomic E-state index is 12.0. The van der Waals surface area contributed by atoms with E-state index >= 15 is 0 Å². The first kappa shape index (κ1) is 22.2. The highest BCUT2D eigenvalue weighted by Crippen LogP contribution is 2.27. The van der Waals surface area contributed by atoms with E-state index in [4.69, 9.17) is 9.84 Å². The van der Waals surface area contributed by atoms with Crippen LogP contribution in [0.15, 0.2) is 0 Å². The molecule has 0 aromatic carbocycles. The Bertz CT molecular complexity index is 595. The first-order valence-electron chi connectivity index (χ1n) is 11.0. The van der Waals surface area contributed by atoms with Crippen molar-refractivity contribution in [1.29, 1.82) is 0 Å². The highest BCUT2D eigenvalue weighted by Gasteiger charge is 2.36. The van der Waals surface area contributed by atoms with E-state index in [1.807, 2.05) is 0 Å². The number of carbonyl (C=O) groups is 3. The molecule has 0 radical (unpaired) electrons. The van der Waals surface area contributed by atoms with Crippen molar-refractivity contribution in [3.05, 3.63) is 0 Å². The number of hydrogen-bond donors (Lipinski definition) is 1. The molecule has 3 heterocycles. The van der Waals surface area contributed by atoms with Crippen LogP contribution in [0.2, 0.25) is 0 Å². The Morgan fingerprint density at radius 2 is 1.59 bits per heavy atom. The van der Waals surface area contributed by atoms with Crippen LogP contribution in [0.4, 0.5) is 0 Å². The lowest BCUT2D eigenvalue weighted by molar-refractivity contribution is -0.149. The fourth-order valence-corrected chi connectivity index (χ4v) is 3.93. The van der Waals surface area contributed by atoms with Gasteiger partial charge in [-0.05, 0) is 19.8 Å². The summed E-state index contributed by atoms with van der Waals surface area (Å²) in [7, 11) is 0. The van der Waals surface area contributed by atoms with Crippen LogP contribution in [0.25, 0.3) is 0 Å². The van der Waals surface area contributed by atoms with Gasteiger partial charge in [-0.2, -0.15) is 0 Å². The van der Waals surface area contributed by atoms with E-state index in [2.05, 4.69) is 14.7 Å². The number of Topliss-reactive ketones (excluding diaryl/α,β-unsaturated/α-hetero) is 1. The molecule has 3 saturated heterocycles. The molecular formula is C21H35N3O5. The Labute approximate surface area is 173 Å². The Kier molecular flexibility index (Phi) is 8.03. The molecule has 0 saturated carbocycles. The molecule has 8 nitrogen and oxygen atoms in total. The molecule has 3 aliphatic rings. The summed E-state index contributed by atoms with van der Waals surface area (Å²) in [6.07, 6.45) is 4.57. The van der Waals surface area contributed by atoms with E-state index in [9.17, 15) is 14.4 Å². The van der Waals surface area contributed by atoms with E-state index in [0.29, 0.717) is 37.9 Å². The van der Waals surface area contributed by atoms with Crippen LogP contribution in [0, 0.1) is 0 Å². The van der Waals surface area contributed by atoms with Crippen molar-refractivity contribution in [3.8, 4) is 0 Å². The topological polar surface area (TPSA) is 89.7 Å². The molecule has 3 fully saturated rings. The van der Waals surface area contributed by atoms with Gasteiger partial charge in [0.25, 0.3) is 0 Å². The molecule has 164 valence electrons. The number of esters is 1. The van der Waals surface area contributed by atoms with Gasteiger partial charge in [0, 0.05) is 70.7 Å². The number of carboxylic acids is 1. The minimum Gasteiger partial charge on any atom is -0.481 e. The van der Waals surface area contributed by atoms with E-state index in [0.717, 1.165) is 58.5 Å². The second-order valence-corrected chi connectivity index (χ2v) is 8.76. The normalized spacial score (nSPS) is 28.6. The van der Waals surface area contributed by atoms with Gasteiger partial charge in [-0.25, -0.2) is 0 Å². The second kappa shape index (κ2) is 10.5. The highest BCUT2D eigenvalue weighted by atomic mass is 16.5. The standard InChI is InChI=1S/C21H35N3O5/c1-16(13-19(25)5-8-22-11-12-22)29-21(28)7-10-24-15-18(24)4-2-3-17-14-23(17)9-6-20(26)27/h16-18H,2-15H2,1H3,(H,26,27). The number of carbonyl (C=O) groups excluding carboxylic acids is 2. The number of ether oxygens (including phenoxy) is 1. The number of nitrogens with zero attached hydrogens (tertiary/aromatic N) is 3. The zero-order chi connectivity index (χ0) is 20.8. The van der Waals surface area contributed by atoms with Crippen molar-refractivity contribution in [2.45, 2.75) is 70.1 Å². The number of ketones is 1. The molecule has 3 aliphatic heterocycles. The van der Waals surface area contributed by atoms with E-state index in [1.165, 1.54) is 0 Å². The van der Waals surface area contributed by atoms with Crippen molar-refractivity contribution < 1.29 is 24.2 Å². The fourth-order valence-electron chi connectivity index (χ4n) is 3.93. The Morgan fingerprint density at radius 1 is 0.966 bits per heavy atom. The van der Waals surface area contributed by atoms with Crippen molar-refractivity contribution in [2.75, 3.05) is 45.8 Å². The minimum atomic E-state index is -0.726. The quantitative estimate of drug-likeness (QED) is 0.298. The van der Waals surface area contributed by atoms with Gasteiger partial charge in [-0.15, -0.1) is 0 Å². The molecule has 0 aromatic rings. The van der Waals surface area contributed by atoms with E-state index in [1.54, 1.807) is 6.92 Å². The molecule has 0 aromatic heterocycles. The van der Waals surface area contributed by atoms with Gasteiger partial charge < -0.3 is 14.7 Å². The predicted molar refractivity (Wildman–Crippen MR) is 108 cm³/mol. The minimum absolute atomic E-state index is 0.167. The molecule has 3 rings (SSSR count). The van der Waals surface area contributed by atoms with Crippen LogP contribution < -0.4 is 0 Å². The van der Waals surface area contributed by atoms with Crippen LogP contribution in [-0.4, -0.2) is 102 Å². The summed E-state index contributed by atoms with van der Waals surface area (Å²) in [5.74, 6) is -0.773. The van der Waals surface area contributed by atoms with Gasteiger partial charge in [0.1, 0.15) is 11.9 Å². The maximum Gasteiger partial charge on any atom is 0.307 e.